The number of halogens is 1. The van der Waals surface area contributed by atoms with Gasteiger partial charge in [-0.05, 0) is 6.07 Å². The van der Waals surface area contributed by atoms with E-state index in [4.69, 9.17) is 16.3 Å². The van der Waals surface area contributed by atoms with Crippen molar-refractivity contribution in [3.05, 3.63) is 29.3 Å². The third-order valence-corrected chi connectivity index (χ3v) is 2.14. The van der Waals surface area contributed by atoms with Gasteiger partial charge in [0.15, 0.2) is 0 Å². The molecule has 0 saturated carbocycles. The van der Waals surface area contributed by atoms with Crippen LogP contribution in [0.3, 0.4) is 0 Å². The number of ether oxygens (including phenoxy) is 2. The fourth-order valence-corrected chi connectivity index (χ4v) is 1.41. The number of carbonyl (C=O) groups is 1. The van der Waals surface area contributed by atoms with Crippen LogP contribution in [0.15, 0.2) is 18.2 Å². The molecule has 0 bridgehead atoms. The predicted molar refractivity (Wildman–Crippen MR) is 53.9 cm³/mol. The Bertz CT molecular complexity index is 336. The molecule has 4 heteroatoms. The van der Waals surface area contributed by atoms with Gasteiger partial charge in [0.2, 0.25) is 0 Å². The third-order valence-electron chi connectivity index (χ3n) is 1.85. The molecule has 0 unspecified atom stereocenters. The number of hydrogen-bond donors (Lipinski definition) is 0. The summed E-state index contributed by atoms with van der Waals surface area (Å²) in [6.07, 6.45) is 0. The Labute approximate surface area is 87.6 Å². The van der Waals surface area contributed by atoms with Gasteiger partial charge in [0.25, 0.3) is 0 Å². The molecule has 1 rings (SSSR count). The zero-order valence-electron chi connectivity index (χ0n) is 8.04. The van der Waals surface area contributed by atoms with Crippen molar-refractivity contribution in [2.24, 2.45) is 0 Å². The van der Waals surface area contributed by atoms with Gasteiger partial charge in [0.1, 0.15) is 11.3 Å². The first-order chi connectivity index (χ1) is 6.74. The summed E-state index contributed by atoms with van der Waals surface area (Å²) in [5.41, 5.74) is 1.17. The van der Waals surface area contributed by atoms with Crippen LogP contribution in [0.25, 0.3) is 0 Å². The quantitative estimate of drug-likeness (QED) is 0.572. The molecule has 0 fully saturated rings. The van der Waals surface area contributed by atoms with Gasteiger partial charge in [-0.15, -0.1) is 11.6 Å². The van der Waals surface area contributed by atoms with Crippen molar-refractivity contribution in [3.8, 4) is 5.75 Å². The van der Waals surface area contributed by atoms with Crippen molar-refractivity contribution in [2.45, 2.75) is 5.88 Å². The summed E-state index contributed by atoms with van der Waals surface area (Å²) in [6.45, 7) is 0. The van der Waals surface area contributed by atoms with E-state index in [0.717, 1.165) is 5.56 Å². The molecule has 0 atom stereocenters. The highest BCUT2D eigenvalue weighted by atomic mass is 35.5. The van der Waals surface area contributed by atoms with E-state index < -0.39 is 5.97 Å². The number of benzene rings is 1. The van der Waals surface area contributed by atoms with Crippen molar-refractivity contribution < 1.29 is 14.3 Å². The Kier molecular flexibility index (Phi) is 3.77. The second-order valence-electron chi connectivity index (χ2n) is 2.62. The molecule has 0 saturated heterocycles. The molecule has 0 N–H and O–H groups in total. The highest BCUT2D eigenvalue weighted by Crippen LogP contribution is 2.25. The minimum absolute atomic E-state index is 0.300. The summed E-state index contributed by atoms with van der Waals surface area (Å²) >= 11 is 5.70. The fourth-order valence-electron chi connectivity index (χ4n) is 1.20. The number of esters is 1. The van der Waals surface area contributed by atoms with Crippen LogP contribution in [-0.4, -0.2) is 20.2 Å². The van der Waals surface area contributed by atoms with Crippen LogP contribution in [0.4, 0.5) is 0 Å². The maximum Gasteiger partial charge on any atom is 0.341 e. The first-order valence-electron chi connectivity index (χ1n) is 4.04. The minimum Gasteiger partial charge on any atom is -0.496 e. The molecule has 0 spiro atoms. The largest absolute Gasteiger partial charge is 0.496 e. The van der Waals surface area contributed by atoms with Crippen molar-refractivity contribution in [1.82, 2.24) is 0 Å². The van der Waals surface area contributed by atoms with Crippen molar-refractivity contribution in [2.75, 3.05) is 14.2 Å². The van der Waals surface area contributed by atoms with Gasteiger partial charge in [-0.25, -0.2) is 4.79 Å². The van der Waals surface area contributed by atoms with E-state index in [1.807, 2.05) is 0 Å². The molecule has 0 heterocycles. The van der Waals surface area contributed by atoms with Crippen LogP contribution in [0.2, 0.25) is 0 Å². The van der Waals surface area contributed by atoms with Gasteiger partial charge in [0.05, 0.1) is 20.1 Å². The normalized spacial score (nSPS) is 9.64. The highest BCUT2D eigenvalue weighted by molar-refractivity contribution is 6.17. The fraction of sp³-hybridized carbons (Fsp3) is 0.300. The smallest absolute Gasteiger partial charge is 0.341 e. The zero-order valence-corrected chi connectivity index (χ0v) is 8.80. The number of carbonyl (C=O) groups excluding carboxylic acids is 1. The highest BCUT2D eigenvalue weighted by Gasteiger charge is 2.14. The summed E-state index contributed by atoms with van der Waals surface area (Å²) in [6, 6.07) is 5.19. The number of alkyl halides is 1. The van der Waals surface area contributed by atoms with Gasteiger partial charge in [-0.1, -0.05) is 12.1 Å². The molecule has 0 aliphatic heterocycles. The van der Waals surface area contributed by atoms with Gasteiger partial charge in [0, 0.05) is 5.56 Å². The van der Waals surface area contributed by atoms with Crippen LogP contribution >= 0.6 is 11.6 Å². The summed E-state index contributed by atoms with van der Waals surface area (Å²) in [5, 5.41) is 0. The van der Waals surface area contributed by atoms with Crippen molar-refractivity contribution in [3.63, 3.8) is 0 Å². The van der Waals surface area contributed by atoms with Gasteiger partial charge in [-0.2, -0.15) is 0 Å². The standard InChI is InChI=1S/C10H11ClO3/c1-13-9-7(6-11)4-3-5-8(9)10(12)14-2/h3-5H,6H2,1-2H3. The molecule has 0 radical (unpaired) electrons. The van der Waals surface area contributed by atoms with Crippen LogP contribution in [0.5, 0.6) is 5.75 Å². The number of para-hydroxylation sites is 1. The van der Waals surface area contributed by atoms with Crippen molar-refractivity contribution >= 4 is 17.6 Å². The molecule has 76 valence electrons. The Morgan fingerprint density at radius 2 is 2.14 bits per heavy atom. The van der Waals surface area contributed by atoms with E-state index in [1.54, 1.807) is 18.2 Å². The molecule has 0 amide bonds. The summed E-state index contributed by atoms with van der Waals surface area (Å²) in [4.78, 5) is 11.3. The summed E-state index contributed by atoms with van der Waals surface area (Å²) in [7, 11) is 2.83. The lowest BCUT2D eigenvalue weighted by molar-refractivity contribution is 0.0597. The molecule has 0 aliphatic carbocycles. The Hall–Kier alpha value is -1.22. The van der Waals surface area contributed by atoms with Crippen LogP contribution in [0, 0.1) is 0 Å². The molecule has 0 aliphatic rings. The van der Waals surface area contributed by atoms with E-state index in [1.165, 1.54) is 14.2 Å². The summed E-state index contributed by atoms with van der Waals surface area (Å²) in [5.74, 6) is 0.358. The first kappa shape index (κ1) is 10.9. The number of methoxy groups -OCH3 is 2. The third kappa shape index (κ3) is 1.99. The average Bonchev–Trinajstić information content (AvgIpc) is 2.26. The van der Waals surface area contributed by atoms with Crippen molar-refractivity contribution in [1.29, 1.82) is 0 Å². The monoisotopic (exact) mass is 214 g/mol. The Morgan fingerprint density at radius 1 is 1.43 bits per heavy atom. The topological polar surface area (TPSA) is 35.5 Å². The molecule has 1 aromatic carbocycles. The van der Waals surface area contributed by atoms with E-state index in [9.17, 15) is 4.79 Å². The van der Waals surface area contributed by atoms with Gasteiger partial charge in [-0.3, -0.25) is 0 Å². The lowest BCUT2D eigenvalue weighted by Crippen LogP contribution is -2.05. The van der Waals surface area contributed by atoms with E-state index in [0.29, 0.717) is 17.2 Å². The average molecular weight is 215 g/mol. The molecule has 14 heavy (non-hydrogen) atoms. The predicted octanol–water partition coefficient (Wildman–Crippen LogP) is 2.22. The maximum atomic E-state index is 11.3. The minimum atomic E-state index is -0.422. The molecular formula is C10H11ClO3. The Balaban J connectivity index is 3.21. The lowest BCUT2D eigenvalue weighted by atomic mass is 10.1. The number of hydrogen-bond acceptors (Lipinski definition) is 3. The SMILES string of the molecule is COC(=O)c1cccc(CCl)c1OC. The van der Waals surface area contributed by atoms with Crippen LogP contribution in [-0.2, 0) is 10.6 Å². The first-order valence-corrected chi connectivity index (χ1v) is 4.58. The number of rotatable bonds is 3. The molecular weight excluding hydrogens is 204 g/mol. The summed E-state index contributed by atoms with van der Waals surface area (Å²) < 4.78 is 9.72. The van der Waals surface area contributed by atoms with Crippen LogP contribution < -0.4 is 4.74 Å². The lowest BCUT2D eigenvalue weighted by Gasteiger charge is -2.09. The van der Waals surface area contributed by atoms with E-state index >= 15 is 0 Å². The van der Waals surface area contributed by atoms with Gasteiger partial charge < -0.3 is 9.47 Å². The van der Waals surface area contributed by atoms with Gasteiger partial charge >= 0.3 is 5.97 Å². The van der Waals surface area contributed by atoms with E-state index in [-0.39, 0.29) is 0 Å². The molecule has 1 aromatic rings. The second-order valence-corrected chi connectivity index (χ2v) is 2.89. The molecule has 3 nitrogen and oxygen atoms in total. The molecule has 0 aromatic heterocycles. The van der Waals surface area contributed by atoms with Crippen LogP contribution in [0.1, 0.15) is 15.9 Å². The zero-order chi connectivity index (χ0) is 10.6. The maximum absolute atomic E-state index is 11.3. The Morgan fingerprint density at radius 3 is 2.64 bits per heavy atom. The second kappa shape index (κ2) is 4.86. The van der Waals surface area contributed by atoms with E-state index in [2.05, 4.69) is 4.74 Å².